The van der Waals surface area contributed by atoms with Crippen LogP contribution >= 0.6 is 0 Å². The van der Waals surface area contributed by atoms with Gasteiger partial charge in [-0.05, 0) is 88.8 Å². The fourth-order valence-electron chi connectivity index (χ4n) is 4.20. The third-order valence-electron chi connectivity index (χ3n) is 5.99. The van der Waals surface area contributed by atoms with Crippen LogP contribution in [0.1, 0.15) is 64.5 Å². The fraction of sp³-hybridized carbons (Fsp3) is 0.500. The van der Waals surface area contributed by atoms with E-state index in [1.807, 2.05) is 76.2 Å². The van der Waals surface area contributed by atoms with Gasteiger partial charge >= 0.3 is 0 Å². The van der Waals surface area contributed by atoms with Crippen LogP contribution in [0.3, 0.4) is 0 Å². The van der Waals surface area contributed by atoms with Crippen molar-refractivity contribution in [2.75, 3.05) is 0 Å². The number of carbonyl (C=O) groups is 2. The van der Waals surface area contributed by atoms with Crippen molar-refractivity contribution < 1.29 is 19.1 Å². The van der Waals surface area contributed by atoms with E-state index in [0.717, 1.165) is 48.3 Å². The van der Waals surface area contributed by atoms with E-state index in [0.29, 0.717) is 13.1 Å². The summed E-state index contributed by atoms with van der Waals surface area (Å²) in [6.45, 7) is 8.98. The van der Waals surface area contributed by atoms with E-state index in [1.165, 1.54) is 0 Å². The molecule has 0 aliphatic heterocycles. The van der Waals surface area contributed by atoms with Gasteiger partial charge in [0.15, 0.2) is 0 Å². The maximum Gasteiger partial charge on any atom is 0.223 e. The fourth-order valence-corrected chi connectivity index (χ4v) is 4.20. The van der Waals surface area contributed by atoms with Crippen molar-refractivity contribution in [2.45, 2.75) is 78.7 Å². The molecule has 0 unspecified atom stereocenters. The number of ether oxygens (including phenoxy) is 2. The molecular formula is C28H38N2O4. The van der Waals surface area contributed by atoms with Crippen molar-refractivity contribution in [2.24, 2.45) is 11.8 Å². The normalized spacial score (nSPS) is 17.9. The van der Waals surface area contributed by atoms with Crippen LogP contribution in [-0.4, -0.2) is 24.0 Å². The molecule has 6 heteroatoms. The molecule has 34 heavy (non-hydrogen) atoms. The van der Waals surface area contributed by atoms with Gasteiger partial charge in [0.1, 0.15) is 11.5 Å². The van der Waals surface area contributed by atoms with Gasteiger partial charge in [0.05, 0.1) is 12.2 Å². The standard InChI is InChI=1S/C28H38N2O4/c1-19(2)33-25-13-5-21(6-14-25)17-29-27(31)23-9-11-24(12-10-23)28(32)30-18-22-7-15-26(16-8-22)34-20(3)4/h5-8,13-16,19-20,23-24H,9-12,17-18H2,1-4H3,(H,29,31)(H,30,32). The Balaban J connectivity index is 1.36. The Morgan fingerprint density at radius 1 is 0.676 bits per heavy atom. The number of nitrogens with one attached hydrogen (secondary N) is 2. The molecule has 184 valence electrons. The maximum absolute atomic E-state index is 12.6. The van der Waals surface area contributed by atoms with Crippen molar-refractivity contribution in [3.05, 3.63) is 59.7 Å². The summed E-state index contributed by atoms with van der Waals surface area (Å²) in [6, 6.07) is 15.6. The monoisotopic (exact) mass is 466 g/mol. The second-order valence-electron chi connectivity index (χ2n) is 9.61. The summed E-state index contributed by atoms with van der Waals surface area (Å²) in [5.41, 5.74) is 2.09. The number of hydrogen-bond acceptors (Lipinski definition) is 4. The molecule has 3 rings (SSSR count). The second-order valence-corrected chi connectivity index (χ2v) is 9.61. The first-order valence-electron chi connectivity index (χ1n) is 12.4. The minimum atomic E-state index is -0.0268. The molecule has 1 aliphatic rings. The van der Waals surface area contributed by atoms with E-state index in [4.69, 9.17) is 9.47 Å². The molecular weight excluding hydrogens is 428 g/mol. The van der Waals surface area contributed by atoms with Gasteiger partial charge in [-0.1, -0.05) is 24.3 Å². The number of benzene rings is 2. The summed E-state index contributed by atoms with van der Waals surface area (Å²) in [5, 5.41) is 6.09. The predicted octanol–water partition coefficient (Wildman–Crippen LogP) is 5.00. The Labute approximate surface area is 203 Å². The lowest BCUT2D eigenvalue weighted by Gasteiger charge is -2.27. The quantitative estimate of drug-likeness (QED) is 0.517. The molecule has 0 aromatic heterocycles. The lowest BCUT2D eigenvalue weighted by molar-refractivity contribution is -0.130. The van der Waals surface area contributed by atoms with Gasteiger partial charge < -0.3 is 20.1 Å². The lowest BCUT2D eigenvalue weighted by atomic mass is 9.81. The molecule has 0 radical (unpaired) electrons. The molecule has 0 heterocycles. The Morgan fingerprint density at radius 3 is 1.29 bits per heavy atom. The van der Waals surface area contributed by atoms with Crippen molar-refractivity contribution in [1.82, 2.24) is 10.6 Å². The molecule has 2 aromatic carbocycles. The van der Waals surface area contributed by atoms with Crippen LogP contribution in [0, 0.1) is 11.8 Å². The Bertz CT molecular complexity index is 837. The van der Waals surface area contributed by atoms with E-state index in [-0.39, 0.29) is 35.9 Å². The number of rotatable bonds is 10. The van der Waals surface area contributed by atoms with Crippen LogP contribution in [0.25, 0.3) is 0 Å². The molecule has 2 aromatic rings. The minimum Gasteiger partial charge on any atom is -0.491 e. The summed E-state index contributed by atoms with van der Waals surface area (Å²) in [5.74, 6) is 1.76. The smallest absolute Gasteiger partial charge is 0.223 e. The van der Waals surface area contributed by atoms with Gasteiger partial charge in [0.25, 0.3) is 0 Å². The number of amides is 2. The highest BCUT2D eigenvalue weighted by Crippen LogP contribution is 2.29. The minimum absolute atomic E-state index is 0.0268. The highest BCUT2D eigenvalue weighted by Gasteiger charge is 2.29. The van der Waals surface area contributed by atoms with Gasteiger partial charge in [-0.3, -0.25) is 9.59 Å². The van der Waals surface area contributed by atoms with Crippen LogP contribution in [0.5, 0.6) is 11.5 Å². The zero-order valence-electron chi connectivity index (χ0n) is 20.8. The summed E-state index contributed by atoms with van der Waals surface area (Å²) >= 11 is 0. The first kappa shape index (κ1) is 25.6. The molecule has 1 aliphatic carbocycles. The van der Waals surface area contributed by atoms with E-state index < -0.39 is 0 Å². The van der Waals surface area contributed by atoms with E-state index in [9.17, 15) is 9.59 Å². The summed E-state index contributed by atoms with van der Waals surface area (Å²) < 4.78 is 11.3. The summed E-state index contributed by atoms with van der Waals surface area (Å²) in [4.78, 5) is 25.2. The third kappa shape index (κ3) is 8.08. The van der Waals surface area contributed by atoms with Gasteiger partial charge in [-0.25, -0.2) is 0 Å². The van der Waals surface area contributed by atoms with Gasteiger partial charge in [-0.2, -0.15) is 0 Å². The summed E-state index contributed by atoms with van der Waals surface area (Å²) in [7, 11) is 0. The average Bonchev–Trinajstić information content (AvgIpc) is 2.82. The highest BCUT2D eigenvalue weighted by atomic mass is 16.5. The Hall–Kier alpha value is -3.02. The molecule has 0 saturated heterocycles. The van der Waals surface area contributed by atoms with Crippen LogP contribution in [0.2, 0.25) is 0 Å². The summed E-state index contributed by atoms with van der Waals surface area (Å²) in [6.07, 6.45) is 3.25. The van der Waals surface area contributed by atoms with E-state index in [1.54, 1.807) is 0 Å². The van der Waals surface area contributed by atoms with Crippen LogP contribution in [0.4, 0.5) is 0 Å². The molecule has 0 bridgehead atoms. The van der Waals surface area contributed by atoms with Crippen LogP contribution in [0.15, 0.2) is 48.5 Å². The lowest BCUT2D eigenvalue weighted by Crippen LogP contribution is -2.37. The van der Waals surface area contributed by atoms with Crippen molar-refractivity contribution in [1.29, 1.82) is 0 Å². The molecule has 2 N–H and O–H groups in total. The van der Waals surface area contributed by atoms with Crippen molar-refractivity contribution in [3.8, 4) is 11.5 Å². The first-order chi connectivity index (χ1) is 16.3. The topological polar surface area (TPSA) is 76.7 Å². The molecule has 1 saturated carbocycles. The zero-order valence-corrected chi connectivity index (χ0v) is 20.8. The van der Waals surface area contributed by atoms with Crippen LogP contribution in [-0.2, 0) is 22.7 Å². The molecule has 1 fully saturated rings. The average molecular weight is 467 g/mol. The highest BCUT2D eigenvalue weighted by molar-refractivity contribution is 5.81. The Morgan fingerprint density at radius 2 is 1.00 bits per heavy atom. The molecule has 0 spiro atoms. The predicted molar refractivity (Wildman–Crippen MR) is 134 cm³/mol. The van der Waals surface area contributed by atoms with Crippen LogP contribution < -0.4 is 20.1 Å². The first-order valence-corrected chi connectivity index (χ1v) is 12.4. The van der Waals surface area contributed by atoms with Crippen molar-refractivity contribution in [3.63, 3.8) is 0 Å². The van der Waals surface area contributed by atoms with Gasteiger partial charge in [0, 0.05) is 24.9 Å². The van der Waals surface area contributed by atoms with Crippen molar-refractivity contribution >= 4 is 11.8 Å². The maximum atomic E-state index is 12.6. The molecule has 0 atom stereocenters. The van der Waals surface area contributed by atoms with Gasteiger partial charge in [-0.15, -0.1) is 0 Å². The molecule has 6 nitrogen and oxygen atoms in total. The van der Waals surface area contributed by atoms with E-state index >= 15 is 0 Å². The molecule has 2 amide bonds. The third-order valence-corrected chi connectivity index (χ3v) is 5.99. The number of hydrogen-bond donors (Lipinski definition) is 2. The SMILES string of the molecule is CC(C)Oc1ccc(CNC(=O)C2CCC(C(=O)NCc3ccc(OC(C)C)cc3)CC2)cc1. The zero-order chi connectivity index (χ0) is 24.5. The van der Waals surface area contributed by atoms with E-state index in [2.05, 4.69) is 10.6 Å². The largest absolute Gasteiger partial charge is 0.491 e. The number of carbonyl (C=O) groups excluding carboxylic acids is 2. The second kappa shape index (κ2) is 12.4. The Kier molecular flexibility index (Phi) is 9.37. The van der Waals surface area contributed by atoms with Gasteiger partial charge in [0.2, 0.25) is 11.8 Å².